The highest BCUT2D eigenvalue weighted by atomic mass is 35.5. The molecule has 0 aromatic rings. The van der Waals surface area contributed by atoms with Gasteiger partial charge >= 0.3 is 0 Å². The molecule has 0 aromatic heterocycles. The van der Waals surface area contributed by atoms with E-state index in [4.69, 9.17) is 11.6 Å². The lowest BCUT2D eigenvalue weighted by Gasteiger charge is -2.23. The van der Waals surface area contributed by atoms with Gasteiger partial charge in [-0.2, -0.15) is 0 Å². The minimum absolute atomic E-state index is 0.116. The Hall–Kier alpha value is 0.240. The molecule has 0 amide bonds. The van der Waals surface area contributed by atoms with E-state index in [0.29, 0.717) is 17.4 Å². The molecular formula is C7H13ClO2S. The van der Waals surface area contributed by atoms with Crippen molar-refractivity contribution in [1.82, 2.24) is 0 Å². The summed E-state index contributed by atoms with van der Waals surface area (Å²) in [7, 11) is -2.71. The quantitative estimate of drug-likeness (QED) is 0.595. The molecule has 0 N–H and O–H groups in total. The van der Waals surface area contributed by atoms with Crippen LogP contribution in [0.2, 0.25) is 0 Å². The van der Waals surface area contributed by atoms with E-state index in [0.717, 1.165) is 12.8 Å². The molecule has 0 spiro atoms. The number of halogens is 1. The predicted octanol–water partition coefficient (Wildman–Crippen LogP) is 1.44. The third kappa shape index (κ3) is 2.64. The van der Waals surface area contributed by atoms with Crippen molar-refractivity contribution < 1.29 is 8.42 Å². The molecule has 0 aromatic carbocycles. The fraction of sp³-hybridized carbons (Fsp3) is 1.00. The van der Waals surface area contributed by atoms with Gasteiger partial charge in [0.25, 0.3) is 0 Å². The molecule has 1 atom stereocenters. The van der Waals surface area contributed by atoms with Gasteiger partial charge in [-0.05, 0) is 25.7 Å². The lowest BCUT2D eigenvalue weighted by molar-refractivity contribution is 0.458. The van der Waals surface area contributed by atoms with E-state index in [2.05, 4.69) is 0 Å². The zero-order valence-corrected chi connectivity index (χ0v) is 8.16. The molecule has 0 bridgehead atoms. The molecule has 1 unspecified atom stereocenters. The molecule has 0 aliphatic carbocycles. The van der Waals surface area contributed by atoms with Gasteiger partial charge in [-0.15, -0.1) is 11.6 Å². The highest BCUT2D eigenvalue weighted by molar-refractivity contribution is 7.91. The maximum atomic E-state index is 11.0. The smallest absolute Gasteiger partial charge is 0.150 e. The Bertz CT molecular complexity index is 207. The van der Waals surface area contributed by atoms with Crippen molar-refractivity contribution in [2.45, 2.75) is 25.1 Å². The van der Waals surface area contributed by atoms with Crippen molar-refractivity contribution in [3.63, 3.8) is 0 Å². The van der Waals surface area contributed by atoms with Crippen LogP contribution in [0.1, 0.15) is 19.8 Å². The molecule has 11 heavy (non-hydrogen) atoms. The van der Waals surface area contributed by atoms with Crippen LogP contribution in [0.5, 0.6) is 0 Å². The topological polar surface area (TPSA) is 34.1 Å². The second-order valence-electron chi connectivity index (χ2n) is 3.17. The summed E-state index contributed by atoms with van der Waals surface area (Å²) < 4.78 is 22.0. The lowest BCUT2D eigenvalue weighted by atomic mass is 10.00. The lowest BCUT2D eigenvalue weighted by Crippen LogP contribution is -2.27. The Balaban J connectivity index is 2.49. The summed E-state index contributed by atoms with van der Waals surface area (Å²) in [6, 6.07) is 0. The van der Waals surface area contributed by atoms with Crippen LogP contribution in [0.25, 0.3) is 0 Å². The van der Waals surface area contributed by atoms with Crippen molar-refractivity contribution in [3.05, 3.63) is 0 Å². The van der Waals surface area contributed by atoms with E-state index in [-0.39, 0.29) is 5.38 Å². The first-order chi connectivity index (χ1) is 5.01. The first-order valence-corrected chi connectivity index (χ1v) is 6.11. The van der Waals surface area contributed by atoms with E-state index in [1.807, 2.05) is 6.92 Å². The van der Waals surface area contributed by atoms with Crippen LogP contribution >= 0.6 is 11.6 Å². The van der Waals surface area contributed by atoms with Crippen molar-refractivity contribution >= 4 is 21.4 Å². The highest BCUT2D eigenvalue weighted by Crippen LogP contribution is 2.24. The first kappa shape index (κ1) is 9.33. The molecular weight excluding hydrogens is 184 g/mol. The molecule has 1 fully saturated rings. The van der Waals surface area contributed by atoms with Crippen molar-refractivity contribution in [3.8, 4) is 0 Å². The van der Waals surface area contributed by atoms with Gasteiger partial charge in [0, 0.05) is 5.38 Å². The molecule has 0 radical (unpaired) electrons. The SMILES string of the molecule is CC(Cl)C1CCS(=O)(=O)CC1. The van der Waals surface area contributed by atoms with Crippen molar-refractivity contribution in [1.29, 1.82) is 0 Å². The average Bonchev–Trinajstić information content (AvgIpc) is 1.86. The van der Waals surface area contributed by atoms with Crippen LogP contribution in [0, 0.1) is 5.92 Å². The van der Waals surface area contributed by atoms with E-state index in [1.165, 1.54) is 0 Å². The largest absolute Gasteiger partial charge is 0.229 e. The van der Waals surface area contributed by atoms with E-state index in [1.54, 1.807) is 0 Å². The van der Waals surface area contributed by atoms with Crippen LogP contribution in [0.4, 0.5) is 0 Å². The van der Waals surface area contributed by atoms with Crippen LogP contribution < -0.4 is 0 Å². The second kappa shape index (κ2) is 3.31. The monoisotopic (exact) mass is 196 g/mol. The number of sulfone groups is 1. The Labute approximate surface area is 72.9 Å². The summed E-state index contributed by atoms with van der Waals surface area (Å²) in [4.78, 5) is 0. The summed E-state index contributed by atoms with van der Waals surface area (Å²) in [5.74, 6) is 1.06. The summed E-state index contributed by atoms with van der Waals surface area (Å²) in [5, 5.41) is 0.116. The standard InChI is InChI=1S/C7H13ClO2S/c1-6(8)7-2-4-11(9,10)5-3-7/h6-7H,2-5H2,1H3. The normalized spacial score (nSPS) is 28.2. The predicted molar refractivity (Wildman–Crippen MR) is 46.7 cm³/mol. The third-order valence-corrected chi connectivity index (χ3v) is 4.32. The van der Waals surface area contributed by atoms with Crippen LogP contribution in [-0.4, -0.2) is 25.3 Å². The number of rotatable bonds is 1. The van der Waals surface area contributed by atoms with Crippen molar-refractivity contribution in [2.75, 3.05) is 11.5 Å². The molecule has 1 rings (SSSR count). The average molecular weight is 197 g/mol. The van der Waals surface area contributed by atoms with Crippen molar-refractivity contribution in [2.24, 2.45) is 5.92 Å². The van der Waals surface area contributed by atoms with Gasteiger partial charge in [0.05, 0.1) is 11.5 Å². The maximum absolute atomic E-state index is 11.0. The van der Waals surface area contributed by atoms with Gasteiger partial charge in [0.1, 0.15) is 9.84 Å². The van der Waals surface area contributed by atoms with E-state index < -0.39 is 9.84 Å². The van der Waals surface area contributed by atoms with E-state index >= 15 is 0 Å². The zero-order chi connectivity index (χ0) is 8.48. The van der Waals surface area contributed by atoms with Gasteiger partial charge in [0.15, 0.2) is 0 Å². The minimum atomic E-state index is -2.71. The maximum Gasteiger partial charge on any atom is 0.150 e. The Morgan fingerprint density at radius 2 is 1.82 bits per heavy atom. The van der Waals surface area contributed by atoms with Crippen LogP contribution in [-0.2, 0) is 9.84 Å². The number of alkyl halides is 1. The second-order valence-corrected chi connectivity index (χ2v) is 6.16. The van der Waals surface area contributed by atoms with Crippen LogP contribution in [0.15, 0.2) is 0 Å². The number of hydrogen-bond acceptors (Lipinski definition) is 2. The Morgan fingerprint density at radius 3 is 2.18 bits per heavy atom. The minimum Gasteiger partial charge on any atom is -0.229 e. The van der Waals surface area contributed by atoms with Crippen LogP contribution in [0.3, 0.4) is 0 Å². The summed E-state index contributed by atoms with van der Waals surface area (Å²) in [6.45, 7) is 1.93. The summed E-state index contributed by atoms with van der Waals surface area (Å²) in [6.07, 6.45) is 1.49. The molecule has 1 aliphatic rings. The van der Waals surface area contributed by atoms with Gasteiger partial charge in [0.2, 0.25) is 0 Å². The molecule has 1 aliphatic heterocycles. The molecule has 4 heteroatoms. The summed E-state index contributed by atoms with van der Waals surface area (Å²) >= 11 is 5.85. The molecule has 2 nitrogen and oxygen atoms in total. The molecule has 66 valence electrons. The molecule has 0 saturated carbocycles. The fourth-order valence-electron chi connectivity index (χ4n) is 1.37. The first-order valence-electron chi connectivity index (χ1n) is 3.86. The Kier molecular flexibility index (Phi) is 2.81. The summed E-state index contributed by atoms with van der Waals surface area (Å²) in [5.41, 5.74) is 0. The Morgan fingerprint density at radius 1 is 1.36 bits per heavy atom. The van der Waals surface area contributed by atoms with E-state index in [9.17, 15) is 8.42 Å². The van der Waals surface area contributed by atoms with Gasteiger partial charge < -0.3 is 0 Å². The molecule has 1 heterocycles. The highest BCUT2D eigenvalue weighted by Gasteiger charge is 2.25. The van der Waals surface area contributed by atoms with Gasteiger partial charge in [-0.3, -0.25) is 0 Å². The fourth-order valence-corrected chi connectivity index (χ4v) is 3.15. The number of hydrogen-bond donors (Lipinski definition) is 0. The molecule has 1 saturated heterocycles. The third-order valence-electron chi connectivity index (χ3n) is 2.25. The van der Waals surface area contributed by atoms with Gasteiger partial charge in [-0.1, -0.05) is 0 Å². The zero-order valence-electron chi connectivity index (χ0n) is 6.59. The van der Waals surface area contributed by atoms with Gasteiger partial charge in [-0.25, -0.2) is 8.42 Å².